The standard InChI is InChI=1S/C14H21ClO2/c1-2-17-9-5-6-12(11-16)10-13-7-3-4-8-14(13)15/h3-4,7-8,12,16H,2,5-6,9-11H2,1H3. The predicted octanol–water partition coefficient (Wildman–Crippen LogP) is 3.31. The number of hydrogen-bond donors (Lipinski definition) is 1. The third-order valence-electron chi connectivity index (χ3n) is 2.83. The Morgan fingerprint density at radius 2 is 2.12 bits per heavy atom. The van der Waals surface area contributed by atoms with Crippen molar-refractivity contribution >= 4 is 11.6 Å². The minimum atomic E-state index is 0.206. The quantitative estimate of drug-likeness (QED) is 0.723. The minimum Gasteiger partial charge on any atom is -0.396 e. The molecule has 0 aliphatic carbocycles. The smallest absolute Gasteiger partial charge is 0.0466 e. The van der Waals surface area contributed by atoms with Gasteiger partial charge in [0, 0.05) is 24.8 Å². The van der Waals surface area contributed by atoms with Crippen molar-refractivity contribution in [1.82, 2.24) is 0 Å². The maximum Gasteiger partial charge on any atom is 0.0466 e. The Labute approximate surface area is 109 Å². The summed E-state index contributed by atoms with van der Waals surface area (Å²) in [5.41, 5.74) is 1.12. The molecule has 1 rings (SSSR count). The van der Waals surface area contributed by atoms with Crippen molar-refractivity contribution in [3.8, 4) is 0 Å². The molecule has 1 unspecified atom stereocenters. The summed E-state index contributed by atoms with van der Waals surface area (Å²) in [6, 6.07) is 7.82. The average molecular weight is 257 g/mol. The summed E-state index contributed by atoms with van der Waals surface area (Å²) in [6.07, 6.45) is 2.80. The summed E-state index contributed by atoms with van der Waals surface area (Å²) in [7, 11) is 0. The summed E-state index contributed by atoms with van der Waals surface area (Å²) >= 11 is 6.10. The molecule has 0 amide bonds. The zero-order chi connectivity index (χ0) is 12.5. The molecule has 0 saturated carbocycles. The second-order valence-electron chi connectivity index (χ2n) is 4.18. The van der Waals surface area contributed by atoms with E-state index in [2.05, 4.69) is 0 Å². The highest BCUT2D eigenvalue weighted by atomic mass is 35.5. The Bertz CT molecular complexity index is 315. The Morgan fingerprint density at radius 3 is 2.76 bits per heavy atom. The van der Waals surface area contributed by atoms with E-state index in [1.165, 1.54) is 0 Å². The van der Waals surface area contributed by atoms with Crippen LogP contribution in [0.25, 0.3) is 0 Å². The monoisotopic (exact) mass is 256 g/mol. The molecule has 0 aliphatic heterocycles. The van der Waals surface area contributed by atoms with Crippen LogP contribution in [0, 0.1) is 5.92 Å². The van der Waals surface area contributed by atoms with Crippen LogP contribution in [-0.4, -0.2) is 24.9 Å². The van der Waals surface area contributed by atoms with E-state index in [0.29, 0.717) is 0 Å². The Hall–Kier alpha value is -0.570. The first-order valence-corrected chi connectivity index (χ1v) is 6.57. The number of rotatable bonds is 8. The summed E-state index contributed by atoms with van der Waals surface area (Å²) < 4.78 is 5.29. The van der Waals surface area contributed by atoms with Gasteiger partial charge in [-0.1, -0.05) is 29.8 Å². The van der Waals surface area contributed by atoms with E-state index in [1.807, 2.05) is 31.2 Å². The highest BCUT2D eigenvalue weighted by Crippen LogP contribution is 2.20. The molecule has 1 atom stereocenters. The molecule has 0 aliphatic rings. The lowest BCUT2D eigenvalue weighted by Crippen LogP contribution is -2.11. The number of aliphatic hydroxyl groups excluding tert-OH is 1. The van der Waals surface area contributed by atoms with E-state index >= 15 is 0 Å². The van der Waals surface area contributed by atoms with E-state index in [-0.39, 0.29) is 12.5 Å². The van der Waals surface area contributed by atoms with Gasteiger partial charge in [-0.2, -0.15) is 0 Å². The van der Waals surface area contributed by atoms with Crippen molar-refractivity contribution in [3.05, 3.63) is 34.9 Å². The van der Waals surface area contributed by atoms with Crippen LogP contribution in [-0.2, 0) is 11.2 Å². The van der Waals surface area contributed by atoms with E-state index in [9.17, 15) is 5.11 Å². The largest absolute Gasteiger partial charge is 0.396 e. The minimum absolute atomic E-state index is 0.206. The van der Waals surface area contributed by atoms with E-state index in [0.717, 1.165) is 43.1 Å². The van der Waals surface area contributed by atoms with Gasteiger partial charge < -0.3 is 9.84 Å². The zero-order valence-corrected chi connectivity index (χ0v) is 11.1. The second-order valence-corrected chi connectivity index (χ2v) is 4.59. The van der Waals surface area contributed by atoms with Crippen molar-refractivity contribution in [1.29, 1.82) is 0 Å². The van der Waals surface area contributed by atoms with Gasteiger partial charge in [-0.25, -0.2) is 0 Å². The first-order valence-electron chi connectivity index (χ1n) is 6.20. The molecule has 1 aromatic carbocycles. The van der Waals surface area contributed by atoms with Gasteiger partial charge in [0.15, 0.2) is 0 Å². The molecule has 0 spiro atoms. The van der Waals surface area contributed by atoms with Crippen LogP contribution in [0.1, 0.15) is 25.3 Å². The highest BCUT2D eigenvalue weighted by molar-refractivity contribution is 6.31. The lowest BCUT2D eigenvalue weighted by molar-refractivity contribution is 0.132. The maximum absolute atomic E-state index is 9.35. The molecule has 17 heavy (non-hydrogen) atoms. The average Bonchev–Trinajstić information content (AvgIpc) is 2.35. The summed E-state index contributed by atoms with van der Waals surface area (Å²) in [5, 5.41) is 10.1. The van der Waals surface area contributed by atoms with Gasteiger partial charge in [0.25, 0.3) is 0 Å². The van der Waals surface area contributed by atoms with Crippen molar-refractivity contribution in [2.45, 2.75) is 26.2 Å². The van der Waals surface area contributed by atoms with Crippen molar-refractivity contribution in [2.24, 2.45) is 5.92 Å². The zero-order valence-electron chi connectivity index (χ0n) is 10.4. The number of benzene rings is 1. The first-order chi connectivity index (χ1) is 8.27. The number of halogens is 1. The van der Waals surface area contributed by atoms with E-state index in [4.69, 9.17) is 16.3 Å². The van der Waals surface area contributed by atoms with Gasteiger partial charge in [-0.15, -0.1) is 0 Å². The van der Waals surface area contributed by atoms with Crippen molar-refractivity contribution in [2.75, 3.05) is 19.8 Å². The molecular formula is C14H21ClO2. The Kier molecular flexibility index (Phi) is 7.25. The topological polar surface area (TPSA) is 29.5 Å². The third kappa shape index (κ3) is 5.53. The van der Waals surface area contributed by atoms with Gasteiger partial charge in [0.2, 0.25) is 0 Å². The fourth-order valence-corrected chi connectivity index (χ4v) is 2.06. The molecule has 96 valence electrons. The summed E-state index contributed by atoms with van der Waals surface area (Å²) in [6.45, 7) is 3.73. The van der Waals surface area contributed by atoms with Crippen LogP contribution in [0.3, 0.4) is 0 Å². The molecular weight excluding hydrogens is 236 g/mol. The summed E-state index contributed by atoms with van der Waals surface area (Å²) in [5.74, 6) is 0.273. The number of aliphatic hydroxyl groups is 1. The summed E-state index contributed by atoms with van der Waals surface area (Å²) in [4.78, 5) is 0. The van der Waals surface area contributed by atoms with Gasteiger partial charge in [-0.05, 0) is 43.7 Å². The molecule has 3 heteroatoms. The van der Waals surface area contributed by atoms with Crippen LogP contribution < -0.4 is 0 Å². The van der Waals surface area contributed by atoms with E-state index < -0.39 is 0 Å². The molecule has 0 bridgehead atoms. The molecule has 1 N–H and O–H groups in total. The Balaban J connectivity index is 2.38. The third-order valence-corrected chi connectivity index (χ3v) is 3.20. The van der Waals surface area contributed by atoms with Crippen LogP contribution in [0.15, 0.2) is 24.3 Å². The number of hydrogen-bond acceptors (Lipinski definition) is 2. The van der Waals surface area contributed by atoms with Gasteiger partial charge >= 0.3 is 0 Å². The maximum atomic E-state index is 9.35. The molecule has 0 aromatic heterocycles. The molecule has 2 nitrogen and oxygen atoms in total. The number of ether oxygens (including phenoxy) is 1. The predicted molar refractivity (Wildman–Crippen MR) is 71.5 cm³/mol. The SMILES string of the molecule is CCOCCCC(CO)Cc1ccccc1Cl. The van der Waals surface area contributed by atoms with E-state index in [1.54, 1.807) is 0 Å². The van der Waals surface area contributed by atoms with Gasteiger partial charge in [0.05, 0.1) is 0 Å². The first kappa shape index (κ1) is 14.5. The lowest BCUT2D eigenvalue weighted by Gasteiger charge is -2.14. The Morgan fingerprint density at radius 1 is 1.35 bits per heavy atom. The fraction of sp³-hybridized carbons (Fsp3) is 0.571. The van der Waals surface area contributed by atoms with Crippen LogP contribution in [0.5, 0.6) is 0 Å². The fourth-order valence-electron chi connectivity index (χ4n) is 1.85. The molecule has 0 saturated heterocycles. The van der Waals surface area contributed by atoms with Gasteiger partial charge in [0.1, 0.15) is 0 Å². The lowest BCUT2D eigenvalue weighted by atomic mass is 9.95. The molecule has 0 fully saturated rings. The van der Waals surface area contributed by atoms with Crippen molar-refractivity contribution < 1.29 is 9.84 Å². The molecule has 0 radical (unpaired) electrons. The van der Waals surface area contributed by atoms with Crippen LogP contribution >= 0.6 is 11.6 Å². The molecule has 1 aromatic rings. The van der Waals surface area contributed by atoms with Gasteiger partial charge in [-0.3, -0.25) is 0 Å². The molecule has 0 heterocycles. The van der Waals surface area contributed by atoms with Crippen molar-refractivity contribution in [3.63, 3.8) is 0 Å². The highest BCUT2D eigenvalue weighted by Gasteiger charge is 2.10. The second kappa shape index (κ2) is 8.51. The van der Waals surface area contributed by atoms with Crippen LogP contribution in [0.4, 0.5) is 0 Å². The van der Waals surface area contributed by atoms with Crippen LogP contribution in [0.2, 0.25) is 5.02 Å². The normalized spacial score (nSPS) is 12.6.